The van der Waals surface area contributed by atoms with Crippen LogP contribution in [0.4, 0.5) is 11.9 Å². The van der Waals surface area contributed by atoms with E-state index >= 15 is 0 Å². The zero-order chi connectivity index (χ0) is 12.4. The van der Waals surface area contributed by atoms with Crippen LogP contribution < -0.4 is 11.1 Å². The van der Waals surface area contributed by atoms with Gasteiger partial charge in [-0.3, -0.25) is 0 Å². The van der Waals surface area contributed by atoms with Gasteiger partial charge in [-0.25, -0.2) is 4.98 Å². The Morgan fingerprint density at radius 3 is 2.76 bits per heavy atom. The second-order valence-corrected chi connectivity index (χ2v) is 5.07. The molecule has 0 saturated carbocycles. The van der Waals surface area contributed by atoms with Crippen LogP contribution in [-0.4, -0.2) is 19.9 Å². The molecule has 2 aromatic heterocycles. The first-order chi connectivity index (χ1) is 8.04. The van der Waals surface area contributed by atoms with Crippen molar-refractivity contribution in [2.24, 2.45) is 0 Å². The highest BCUT2D eigenvalue weighted by Gasteiger charge is 2.11. The molecule has 1 atom stereocenters. The Labute approximate surface area is 107 Å². The van der Waals surface area contributed by atoms with Gasteiger partial charge < -0.3 is 11.1 Å². The molecule has 0 bridgehead atoms. The van der Waals surface area contributed by atoms with Crippen molar-refractivity contribution in [3.8, 4) is 0 Å². The number of thiazole rings is 1. The van der Waals surface area contributed by atoms with Crippen LogP contribution in [0.2, 0.25) is 5.28 Å². The summed E-state index contributed by atoms with van der Waals surface area (Å²) in [5.41, 5.74) is 5.48. The molecule has 0 aliphatic rings. The predicted octanol–water partition coefficient (Wildman–Crippen LogP) is 2.05. The Hall–Kier alpha value is -1.47. The van der Waals surface area contributed by atoms with Gasteiger partial charge in [0.25, 0.3) is 0 Å². The van der Waals surface area contributed by atoms with Crippen molar-refractivity contribution in [1.29, 1.82) is 0 Å². The summed E-state index contributed by atoms with van der Waals surface area (Å²) in [6.45, 7) is 3.97. The molecule has 2 heterocycles. The van der Waals surface area contributed by atoms with Crippen molar-refractivity contribution in [3.05, 3.63) is 21.4 Å². The molecule has 0 spiro atoms. The second-order valence-electron chi connectivity index (χ2n) is 3.46. The lowest BCUT2D eigenvalue weighted by molar-refractivity contribution is 0.844. The van der Waals surface area contributed by atoms with Gasteiger partial charge in [0, 0.05) is 11.1 Å². The van der Waals surface area contributed by atoms with Crippen LogP contribution >= 0.6 is 22.9 Å². The average Bonchev–Trinajstić information content (AvgIpc) is 2.63. The van der Waals surface area contributed by atoms with Crippen LogP contribution in [0.1, 0.15) is 22.9 Å². The van der Waals surface area contributed by atoms with E-state index < -0.39 is 0 Å². The first-order valence-electron chi connectivity index (χ1n) is 4.90. The van der Waals surface area contributed by atoms with Gasteiger partial charge in [0.15, 0.2) is 0 Å². The van der Waals surface area contributed by atoms with Crippen molar-refractivity contribution < 1.29 is 0 Å². The van der Waals surface area contributed by atoms with E-state index in [0.717, 1.165) is 9.88 Å². The first-order valence-corrected chi connectivity index (χ1v) is 6.10. The number of nitrogens with zero attached hydrogens (tertiary/aromatic N) is 4. The lowest BCUT2D eigenvalue weighted by atomic mass is 10.4. The fourth-order valence-electron chi connectivity index (χ4n) is 1.26. The van der Waals surface area contributed by atoms with E-state index in [-0.39, 0.29) is 17.3 Å². The number of hydrogen-bond acceptors (Lipinski definition) is 7. The molecular weight excluding hydrogens is 260 g/mol. The number of rotatable bonds is 3. The maximum absolute atomic E-state index is 5.69. The summed E-state index contributed by atoms with van der Waals surface area (Å²) in [4.78, 5) is 17.0. The molecule has 1 unspecified atom stereocenters. The molecule has 0 saturated heterocycles. The van der Waals surface area contributed by atoms with E-state index in [0.29, 0.717) is 5.95 Å². The van der Waals surface area contributed by atoms with E-state index in [1.54, 1.807) is 11.3 Å². The molecule has 2 aromatic rings. The zero-order valence-electron chi connectivity index (χ0n) is 9.31. The minimum absolute atomic E-state index is 0.00781. The highest BCUT2D eigenvalue weighted by Crippen LogP contribution is 2.22. The minimum atomic E-state index is -0.00781. The Bertz CT molecular complexity index is 508. The van der Waals surface area contributed by atoms with Crippen molar-refractivity contribution in [3.63, 3.8) is 0 Å². The van der Waals surface area contributed by atoms with E-state index in [1.807, 2.05) is 20.0 Å². The topological polar surface area (TPSA) is 89.6 Å². The highest BCUT2D eigenvalue weighted by molar-refractivity contribution is 7.11. The van der Waals surface area contributed by atoms with E-state index in [2.05, 4.69) is 25.3 Å². The molecule has 0 aliphatic carbocycles. The van der Waals surface area contributed by atoms with E-state index in [9.17, 15) is 0 Å². The number of anilines is 2. The number of hydrogen-bond donors (Lipinski definition) is 2. The van der Waals surface area contributed by atoms with Gasteiger partial charge in [-0.05, 0) is 25.4 Å². The van der Waals surface area contributed by atoms with E-state index in [1.165, 1.54) is 0 Å². The lowest BCUT2D eigenvalue weighted by Gasteiger charge is -2.10. The summed E-state index contributed by atoms with van der Waals surface area (Å²) in [6.07, 6.45) is 1.83. The van der Waals surface area contributed by atoms with Gasteiger partial charge in [0.05, 0.1) is 6.04 Å². The zero-order valence-corrected chi connectivity index (χ0v) is 10.9. The SMILES string of the molecule is Cc1cnc(C(C)Nc2nc(N)nc(Cl)n2)s1. The molecule has 90 valence electrons. The number of nitrogens with two attached hydrogens (primary N) is 1. The molecule has 8 heteroatoms. The first kappa shape index (κ1) is 12.0. The van der Waals surface area contributed by atoms with Crippen LogP contribution in [0.5, 0.6) is 0 Å². The van der Waals surface area contributed by atoms with Crippen LogP contribution in [0.25, 0.3) is 0 Å². The van der Waals surface area contributed by atoms with Gasteiger partial charge in [-0.2, -0.15) is 15.0 Å². The molecule has 2 rings (SSSR count). The monoisotopic (exact) mass is 270 g/mol. The number of nitrogen functional groups attached to an aromatic ring is 1. The van der Waals surface area contributed by atoms with Gasteiger partial charge in [-0.15, -0.1) is 11.3 Å². The van der Waals surface area contributed by atoms with Crippen LogP contribution in [0, 0.1) is 6.92 Å². The van der Waals surface area contributed by atoms with Crippen molar-refractivity contribution in [1.82, 2.24) is 19.9 Å². The van der Waals surface area contributed by atoms with Crippen LogP contribution in [0.3, 0.4) is 0 Å². The molecule has 17 heavy (non-hydrogen) atoms. The molecule has 3 N–H and O–H groups in total. The smallest absolute Gasteiger partial charge is 0.229 e. The fourth-order valence-corrected chi connectivity index (χ4v) is 2.20. The van der Waals surface area contributed by atoms with E-state index in [4.69, 9.17) is 17.3 Å². The normalized spacial score (nSPS) is 12.4. The summed E-state index contributed by atoms with van der Waals surface area (Å²) >= 11 is 7.30. The Morgan fingerprint density at radius 2 is 2.18 bits per heavy atom. The highest BCUT2D eigenvalue weighted by atomic mass is 35.5. The third kappa shape index (κ3) is 3.01. The third-order valence-corrected chi connectivity index (χ3v) is 3.25. The minimum Gasteiger partial charge on any atom is -0.368 e. The molecule has 0 amide bonds. The fraction of sp³-hybridized carbons (Fsp3) is 0.333. The molecule has 0 radical (unpaired) electrons. The Balaban J connectivity index is 2.15. The maximum atomic E-state index is 5.69. The molecule has 6 nitrogen and oxygen atoms in total. The standard InChI is InChI=1S/C9H11ClN6S/c1-4-3-12-6(17-4)5(2)13-9-15-7(10)14-8(11)16-9/h3,5H,1-2H3,(H3,11,13,14,15,16). The summed E-state index contributed by atoms with van der Waals surface area (Å²) in [5.74, 6) is 0.442. The summed E-state index contributed by atoms with van der Waals surface area (Å²) < 4.78 is 0. The lowest BCUT2D eigenvalue weighted by Crippen LogP contribution is -2.11. The summed E-state index contributed by atoms with van der Waals surface area (Å²) in [7, 11) is 0. The second kappa shape index (κ2) is 4.80. The van der Waals surface area contributed by atoms with Gasteiger partial charge in [0.2, 0.25) is 17.2 Å². The van der Waals surface area contributed by atoms with Crippen molar-refractivity contribution >= 4 is 34.8 Å². The predicted molar refractivity (Wildman–Crippen MR) is 68.1 cm³/mol. The molecule has 0 aliphatic heterocycles. The maximum Gasteiger partial charge on any atom is 0.229 e. The third-order valence-electron chi connectivity index (χ3n) is 1.98. The molecular formula is C9H11ClN6S. The number of aryl methyl sites for hydroxylation is 1. The van der Waals surface area contributed by atoms with Crippen molar-refractivity contribution in [2.45, 2.75) is 19.9 Å². The number of halogens is 1. The molecule has 0 fully saturated rings. The van der Waals surface area contributed by atoms with Crippen LogP contribution in [-0.2, 0) is 0 Å². The summed E-state index contributed by atoms with van der Waals surface area (Å²) in [5, 5.41) is 4.10. The van der Waals surface area contributed by atoms with Gasteiger partial charge in [-0.1, -0.05) is 0 Å². The van der Waals surface area contributed by atoms with Crippen LogP contribution in [0.15, 0.2) is 6.20 Å². The van der Waals surface area contributed by atoms with Gasteiger partial charge in [0.1, 0.15) is 5.01 Å². The molecule has 0 aromatic carbocycles. The van der Waals surface area contributed by atoms with Crippen molar-refractivity contribution in [2.75, 3.05) is 11.1 Å². The van der Waals surface area contributed by atoms with Gasteiger partial charge >= 0.3 is 0 Å². The summed E-state index contributed by atoms with van der Waals surface area (Å²) in [6, 6.07) is -0.00781. The number of nitrogens with one attached hydrogen (secondary N) is 1. The number of aromatic nitrogens is 4. The Kier molecular flexibility index (Phi) is 3.39. The quantitative estimate of drug-likeness (QED) is 0.887. The largest absolute Gasteiger partial charge is 0.368 e. The average molecular weight is 271 g/mol. The Morgan fingerprint density at radius 1 is 1.41 bits per heavy atom.